The highest BCUT2D eigenvalue weighted by Gasteiger charge is 2.21. The second-order valence-corrected chi connectivity index (χ2v) is 6.00. The molecule has 0 spiro atoms. The zero-order valence-corrected chi connectivity index (χ0v) is 12.6. The van der Waals surface area contributed by atoms with Crippen molar-refractivity contribution in [3.05, 3.63) is 28.2 Å². The summed E-state index contributed by atoms with van der Waals surface area (Å²) in [6.07, 6.45) is 5.03. The minimum Gasteiger partial charge on any atom is -0.489 e. The van der Waals surface area contributed by atoms with E-state index in [-0.39, 0.29) is 11.9 Å². The van der Waals surface area contributed by atoms with Crippen molar-refractivity contribution in [2.24, 2.45) is 16.8 Å². The number of hydrogen-bond donors (Lipinski definition) is 2. The summed E-state index contributed by atoms with van der Waals surface area (Å²) >= 11 is 3.47. The topological polar surface area (TPSA) is 67.8 Å². The number of hydrogen-bond acceptors (Lipinski definition) is 3. The van der Waals surface area contributed by atoms with Gasteiger partial charge >= 0.3 is 0 Å². The molecule has 1 aromatic rings. The van der Waals surface area contributed by atoms with Crippen LogP contribution in [-0.4, -0.2) is 17.1 Å². The maximum absolute atomic E-state index is 8.66. The Morgan fingerprint density at radius 2 is 2.26 bits per heavy atom. The monoisotopic (exact) mass is 326 g/mol. The molecule has 0 bridgehead atoms. The molecule has 1 aromatic carbocycles. The fourth-order valence-electron chi connectivity index (χ4n) is 2.48. The van der Waals surface area contributed by atoms with E-state index in [2.05, 4.69) is 28.0 Å². The molecule has 1 aliphatic rings. The smallest absolute Gasteiger partial charge is 0.170 e. The van der Waals surface area contributed by atoms with Crippen LogP contribution in [0.25, 0.3) is 0 Å². The third-order valence-corrected chi connectivity index (χ3v) is 4.14. The molecule has 5 heteroatoms. The van der Waals surface area contributed by atoms with E-state index in [0.717, 1.165) is 29.0 Å². The Labute approximate surface area is 121 Å². The normalized spacial score (nSPS) is 24.2. The van der Waals surface area contributed by atoms with Crippen molar-refractivity contribution in [1.82, 2.24) is 0 Å². The lowest BCUT2D eigenvalue weighted by Gasteiger charge is -2.27. The van der Waals surface area contributed by atoms with Gasteiger partial charge < -0.3 is 15.7 Å². The fourth-order valence-corrected chi connectivity index (χ4v) is 2.95. The number of ether oxygens (including phenoxy) is 1. The van der Waals surface area contributed by atoms with E-state index in [1.54, 1.807) is 12.1 Å². The van der Waals surface area contributed by atoms with Crippen molar-refractivity contribution < 1.29 is 9.94 Å². The maximum Gasteiger partial charge on any atom is 0.170 e. The highest BCUT2D eigenvalue weighted by atomic mass is 79.9. The van der Waals surface area contributed by atoms with E-state index >= 15 is 0 Å². The van der Waals surface area contributed by atoms with Crippen molar-refractivity contribution in [2.75, 3.05) is 0 Å². The van der Waals surface area contributed by atoms with Crippen molar-refractivity contribution >= 4 is 21.8 Å². The van der Waals surface area contributed by atoms with Crippen LogP contribution in [0.15, 0.2) is 27.8 Å². The molecule has 104 valence electrons. The lowest BCUT2D eigenvalue weighted by molar-refractivity contribution is 0.128. The number of nitrogens with two attached hydrogens (primary N) is 1. The lowest BCUT2D eigenvalue weighted by atomic mass is 9.89. The average molecular weight is 327 g/mol. The van der Waals surface area contributed by atoms with Crippen LogP contribution < -0.4 is 10.5 Å². The van der Waals surface area contributed by atoms with Crippen molar-refractivity contribution in [2.45, 2.75) is 38.7 Å². The first-order chi connectivity index (χ1) is 9.10. The SMILES string of the molecule is CC1CCCC(Oc2ccc(/C(N)=N/O)cc2Br)C1. The number of halogens is 1. The van der Waals surface area contributed by atoms with Crippen LogP contribution in [0, 0.1) is 5.92 Å². The standard InChI is InChI=1S/C14H19BrN2O2/c1-9-3-2-4-11(7-9)19-13-6-5-10(8-12(13)15)14(16)17-18/h5-6,8-9,11,18H,2-4,7H2,1H3,(H2,16,17). The van der Waals surface area contributed by atoms with Crippen molar-refractivity contribution in [3.8, 4) is 5.75 Å². The lowest BCUT2D eigenvalue weighted by Crippen LogP contribution is -2.24. The molecule has 0 radical (unpaired) electrons. The van der Waals surface area contributed by atoms with E-state index in [0.29, 0.717) is 5.56 Å². The van der Waals surface area contributed by atoms with Gasteiger partial charge in [-0.25, -0.2) is 0 Å². The molecule has 4 nitrogen and oxygen atoms in total. The summed E-state index contributed by atoms with van der Waals surface area (Å²) < 4.78 is 6.86. The van der Waals surface area contributed by atoms with Gasteiger partial charge in [-0.05, 0) is 59.3 Å². The van der Waals surface area contributed by atoms with Crippen LogP contribution in [0.5, 0.6) is 5.75 Å². The fraction of sp³-hybridized carbons (Fsp3) is 0.500. The summed E-state index contributed by atoms with van der Waals surface area (Å²) in [5, 5.41) is 11.6. The van der Waals surface area contributed by atoms with Crippen molar-refractivity contribution in [3.63, 3.8) is 0 Å². The Balaban J connectivity index is 2.09. The molecule has 0 saturated heterocycles. The van der Waals surface area contributed by atoms with Crippen LogP contribution in [0.2, 0.25) is 0 Å². The predicted molar refractivity (Wildman–Crippen MR) is 78.7 cm³/mol. The van der Waals surface area contributed by atoms with Crippen molar-refractivity contribution in [1.29, 1.82) is 0 Å². The number of nitrogens with zero attached hydrogens (tertiary/aromatic N) is 1. The van der Waals surface area contributed by atoms with Gasteiger partial charge in [-0.2, -0.15) is 0 Å². The van der Waals surface area contributed by atoms with Gasteiger partial charge in [-0.1, -0.05) is 18.5 Å². The molecule has 0 amide bonds. The van der Waals surface area contributed by atoms with Crippen LogP contribution in [0.3, 0.4) is 0 Å². The molecule has 1 aliphatic carbocycles. The van der Waals surface area contributed by atoms with Crippen LogP contribution in [0.4, 0.5) is 0 Å². The van der Waals surface area contributed by atoms with E-state index in [9.17, 15) is 0 Å². The van der Waals surface area contributed by atoms with E-state index in [1.165, 1.54) is 12.8 Å². The second kappa shape index (κ2) is 6.28. The first kappa shape index (κ1) is 14.2. The summed E-state index contributed by atoms with van der Waals surface area (Å²) in [5.74, 6) is 1.64. The summed E-state index contributed by atoms with van der Waals surface area (Å²) in [6, 6.07) is 5.45. The second-order valence-electron chi connectivity index (χ2n) is 5.14. The molecule has 2 rings (SSSR count). The van der Waals surface area contributed by atoms with Gasteiger partial charge in [0.1, 0.15) is 5.75 Å². The number of amidine groups is 1. The van der Waals surface area contributed by atoms with E-state index in [1.807, 2.05) is 6.07 Å². The predicted octanol–water partition coefficient (Wildman–Crippen LogP) is 3.50. The molecular formula is C14H19BrN2O2. The number of benzene rings is 1. The van der Waals surface area contributed by atoms with Crippen LogP contribution in [0.1, 0.15) is 38.2 Å². The molecule has 0 heterocycles. The number of oxime groups is 1. The third kappa shape index (κ3) is 3.62. The Kier molecular flexibility index (Phi) is 4.69. The van der Waals surface area contributed by atoms with E-state index < -0.39 is 0 Å². The Hall–Kier alpha value is -1.23. The molecule has 2 unspecified atom stereocenters. The molecule has 0 aromatic heterocycles. The van der Waals surface area contributed by atoms with Gasteiger partial charge in [0.15, 0.2) is 5.84 Å². The zero-order chi connectivity index (χ0) is 13.8. The quantitative estimate of drug-likeness (QED) is 0.386. The minimum absolute atomic E-state index is 0.0959. The third-order valence-electron chi connectivity index (χ3n) is 3.52. The molecule has 2 atom stereocenters. The minimum atomic E-state index is 0.0959. The van der Waals surface area contributed by atoms with E-state index in [4.69, 9.17) is 15.7 Å². The highest BCUT2D eigenvalue weighted by Crippen LogP contribution is 2.31. The first-order valence-corrected chi connectivity index (χ1v) is 7.33. The Morgan fingerprint density at radius 1 is 1.47 bits per heavy atom. The maximum atomic E-state index is 8.66. The Bertz CT molecular complexity index is 477. The molecular weight excluding hydrogens is 308 g/mol. The van der Waals surface area contributed by atoms with Gasteiger partial charge in [-0.15, -0.1) is 0 Å². The highest BCUT2D eigenvalue weighted by molar-refractivity contribution is 9.10. The largest absolute Gasteiger partial charge is 0.489 e. The molecule has 19 heavy (non-hydrogen) atoms. The molecule has 1 saturated carbocycles. The molecule has 3 N–H and O–H groups in total. The zero-order valence-electron chi connectivity index (χ0n) is 11.0. The first-order valence-electron chi connectivity index (χ1n) is 6.54. The molecule has 1 fully saturated rings. The van der Waals surface area contributed by atoms with Crippen LogP contribution >= 0.6 is 15.9 Å². The van der Waals surface area contributed by atoms with Gasteiger partial charge in [0.25, 0.3) is 0 Å². The van der Waals surface area contributed by atoms with Crippen LogP contribution in [-0.2, 0) is 0 Å². The molecule has 0 aliphatic heterocycles. The Morgan fingerprint density at radius 3 is 2.89 bits per heavy atom. The van der Waals surface area contributed by atoms with Gasteiger partial charge in [-0.3, -0.25) is 0 Å². The summed E-state index contributed by atoms with van der Waals surface area (Å²) in [4.78, 5) is 0. The summed E-state index contributed by atoms with van der Waals surface area (Å²) in [5.41, 5.74) is 6.22. The van der Waals surface area contributed by atoms with Gasteiger partial charge in [0.2, 0.25) is 0 Å². The number of rotatable bonds is 3. The summed E-state index contributed by atoms with van der Waals surface area (Å²) in [7, 11) is 0. The van der Waals surface area contributed by atoms with Gasteiger partial charge in [0.05, 0.1) is 10.6 Å². The summed E-state index contributed by atoms with van der Waals surface area (Å²) in [6.45, 7) is 2.27. The van der Waals surface area contributed by atoms with Gasteiger partial charge in [0, 0.05) is 5.56 Å². The average Bonchev–Trinajstić information content (AvgIpc) is 2.40.